The Balaban J connectivity index is 2.39. The minimum Gasteiger partial charge on any atom is -0.478 e. The largest absolute Gasteiger partial charge is 0.478 e. The quantitative estimate of drug-likeness (QED) is 0.748. The molecule has 0 aromatic rings. The van der Waals surface area contributed by atoms with Crippen LogP contribution in [0.25, 0.3) is 0 Å². The molecule has 4 heteroatoms. The van der Waals surface area contributed by atoms with E-state index in [0.29, 0.717) is 30.8 Å². The third-order valence-corrected chi connectivity index (χ3v) is 6.31. The van der Waals surface area contributed by atoms with E-state index in [0.717, 1.165) is 30.4 Å². The van der Waals surface area contributed by atoms with Crippen molar-refractivity contribution in [1.82, 2.24) is 0 Å². The summed E-state index contributed by atoms with van der Waals surface area (Å²) in [6.45, 7) is 8.34. The number of aliphatic hydroxyl groups is 1. The summed E-state index contributed by atoms with van der Waals surface area (Å²) in [5.41, 5.74) is 2.48. The first-order chi connectivity index (χ1) is 11.1. The first-order valence-corrected chi connectivity index (χ1v) is 8.88. The minimum atomic E-state index is -0.938. The number of aliphatic carboxylic acids is 1. The summed E-state index contributed by atoms with van der Waals surface area (Å²) >= 11 is 0. The van der Waals surface area contributed by atoms with E-state index in [9.17, 15) is 14.7 Å². The Morgan fingerprint density at radius 1 is 1.29 bits per heavy atom. The van der Waals surface area contributed by atoms with Gasteiger partial charge in [-0.15, -0.1) is 0 Å². The van der Waals surface area contributed by atoms with E-state index in [2.05, 4.69) is 20.8 Å². The van der Waals surface area contributed by atoms with Crippen molar-refractivity contribution >= 4 is 11.8 Å². The van der Waals surface area contributed by atoms with E-state index in [1.165, 1.54) is 6.08 Å². The summed E-state index contributed by atoms with van der Waals surface area (Å²) in [5, 5.41) is 18.7. The van der Waals surface area contributed by atoms with Gasteiger partial charge in [-0.2, -0.15) is 0 Å². The number of carboxylic acid groups (broad SMARTS) is 1. The van der Waals surface area contributed by atoms with Crippen molar-refractivity contribution in [2.24, 2.45) is 16.7 Å². The van der Waals surface area contributed by atoms with Crippen LogP contribution in [-0.2, 0) is 9.59 Å². The van der Waals surface area contributed by atoms with Gasteiger partial charge < -0.3 is 10.2 Å². The van der Waals surface area contributed by atoms with Gasteiger partial charge in [0.15, 0.2) is 5.78 Å². The Hall–Kier alpha value is -1.42. The molecule has 2 aliphatic carbocycles. The molecule has 134 valence electrons. The van der Waals surface area contributed by atoms with Crippen LogP contribution in [-0.4, -0.2) is 28.6 Å². The lowest BCUT2D eigenvalue weighted by atomic mass is 9.49. The highest BCUT2D eigenvalue weighted by atomic mass is 16.4. The van der Waals surface area contributed by atoms with E-state index in [-0.39, 0.29) is 23.2 Å². The van der Waals surface area contributed by atoms with Crippen molar-refractivity contribution in [2.45, 2.75) is 66.2 Å². The number of aliphatic hydroxyl groups excluding tert-OH is 1. The summed E-state index contributed by atoms with van der Waals surface area (Å²) < 4.78 is 0. The number of allylic oxidation sites excluding steroid dienone is 2. The number of rotatable bonds is 5. The average molecular weight is 334 g/mol. The molecule has 2 rings (SSSR count). The molecule has 4 nitrogen and oxygen atoms in total. The number of carboxylic acids is 1. The number of fused-ring (bicyclic) bond motifs is 1. The topological polar surface area (TPSA) is 74.6 Å². The monoisotopic (exact) mass is 334 g/mol. The minimum absolute atomic E-state index is 0.0722. The zero-order valence-electron chi connectivity index (χ0n) is 15.3. The van der Waals surface area contributed by atoms with E-state index < -0.39 is 5.97 Å². The maximum absolute atomic E-state index is 12.6. The first-order valence-electron chi connectivity index (χ1n) is 8.88. The molecule has 0 aliphatic heterocycles. The third kappa shape index (κ3) is 3.49. The van der Waals surface area contributed by atoms with Crippen LogP contribution in [0, 0.1) is 16.7 Å². The molecule has 24 heavy (non-hydrogen) atoms. The molecule has 1 fully saturated rings. The molecule has 0 aromatic carbocycles. The van der Waals surface area contributed by atoms with Gasteiger partial charge in [-0.3, -0.25) is 4.79 Å². The van der Waals surface area contributed by atoms with Gasteiger partial charge in [0.05, 0.1) is 6.61 Å². The lowest BCUT2D eigenvalue weighted by Gasteiger charge is -2.54. The fourth-order valence-electron chi connectivity index (χ4n) is 5.03. The predicted octanol–water partition coefficient (Wildman–Crippen LogP) is 3.89. The molecule has 0 radical (unpaired) electrons. The molecule has 1 saturated carbocycles. The number of ketones is 1. The summed E-state index contributed by atoms with van der Waals surface area (Å²) in [6.07, 6.45) is 6.30. The predicted molar refractivity (Wildman–Crippen MR) is 93.6 cm³/mol. The van der Waals surface area contributed by atoms with Gasteiger partial charge in [-0.25, -0.2) is 4.79 Å². The standard InChI is InChI=1S/C20H30O4/c1-13(10-18(23)24)6-7-15-14(12-21)16(22)11-17-19(2,3)8-5-9-20(15,17)4/h10,17,21H,5-9,11-12H2,1-4H3,(H,23,24)/b13-10+/t17-,20-/m1/s1. The molecule has 0 saturated heterocycles. The van der Waals surface area contributed by atoms with Gasteiger partial charge in [0.25, 0.3) is 0 Å². The number of hydrogen-bond donors (Lipinski definition) is 2. The number of carbonyl (C=O) groups is 2. The zero-order chi connectivity index (χ0) is 18.1. The lowest BCUT2D eigenvalue weighted by molar-refractivity contribution is -0.131. The summed E-state index contributed by atoms with van der Waals surface area (Å²) in [6, 6.07) is 0. The van der Waals surface area contributed by atoms with Gasteiger partial charge in [0.2, 0.25) is 0 Å². The first kappa shape index (κ1) is 18.9. The smallest absolute Gasteiger partial charge is 0.328 e. The molecule has 0 unspecified atom stereocenters. The van der Waals surface area contributed by atoms with E-state index in [4.69, 9.17) is 5.11 Å². The summed E-state index contributed by atoms with van der Waals surface area (Å²) in [4.78, 5) is 23.4. The highest BCUT2D eigenvalue weighted by Crippen LogP contribution is 2.59. The Labute approximate surface area is 144 Å². The van der Waals surface area contributed by atoms with Crippen molar-refractivity contribution in [1.29, 1.82) is 0 Å². The van der Waals surface area contributed by atoms with E-state index in [1.54, 1.807) is 0 Å². The van der Waals surface area contributed by atoms with Crippen LogP contribution < -0.4 is 0 Å². The van der Waals surface area contributed by atoms with Crippen LogP contribution in [0.15, 0.2) is 22.8 Å². The number of hydrogen-bond acceptors (Lipinski definition) is 3. The normalized spacial score (nSPS) is 30.3. The molecule has 0 spiro atoms. The van der Waals surface area contributed by atoms with Crippen LogP contribution in [0.3, 0.4) is 0 Å². The molecule has 2 atom stereocenters. The Morgan fingerprint density at radius 3 is 2.54 bits per heavy atom. The van der Waals surface area contributed by atoms with Crippen molar-refractivity contribution in [3.8, 4) is 0 Å². The van der Waals surface area contributed by atoms with Gasteiger partial charge in [0, 0.05) is 18.1 Å². The second-order valence-electron chi connectivity index (χ2n) is 8.38. The van der Waals surface area contributed by atoms with Crippen molar-refractivity contribution in [2.75, 3.05) is 6.61 Å². The highest BCUT2D eigenvalue weighted by Gasteiger charge is 2.52. The van der Waals surface area contributed by atoms with Gasteiger partial charge in [-0.1, -0.05) is 38.3 Å². The molecule has 0 bridgehead atoms. The summed E-state index contributed by atoms with van der Waals surface area (Å²) in [5.74, 6) is -0.573. The Bertz CT molecular complexity index is 597. The van der Waals surface area contributed by atoms with Crippen LogP contribution in [0.1, 0.15) is 66.2 Å². The second kappa shape index (κ2) is 6.83. The molecule has 2 aliphatic rings. The van der Waals surface area contributed by atoms with E-state index >= 15 is 0 Å². The van der Waals surface area contributed by atoms with Crippen LogP contribution in [0.5, 0.6) is 0 Å². The molecule has 0 amide bonds. The molecule has 2 N–H and O–H groups in total. The van der Waals surface area contributed by atoms with Gasteiger partial charge in [-0.05, 0) is 49.4 Å². The van der Waals surface area contributed by atoms with Crippen molar-refractivity contribution < 1.29 is 19.8 Å². The van der Waals surface area contributed by atoms with Crippen LogP contribution >= 0.6 is 0 Å². The zero-order valence-corrected chi connectivity index (χ0v) is 15.3. The molecular weight excluding hydrogens is 304 g/mol. The fraction of sp³-hybridized carbons (Fsp3) is 0.700. The maximum Gasteiger partial charge on any atom is 0.328 e. The number of carbonyl (C=O) groups excluding carboxylic acids is 1. The van der Waals surface area contributed by atoms with Crippen LogP contribution in [0.4, 0.5) is 0 Å². The van der Waals surface area contributed by atoms with Crippen LogP contribution in [0.2, 0.25) is 0 Å². The molecule has 0 heterocycles. The fourth-order valence-corrected chi connectivity index (χ4v) is 5.03. The highest BCUT2D eigenvalue weighted by molar-refractivity contribution is 5.98. The average Bonchev–Trinajstić information content (AvgIpc) is 2.45. The molecular formula is C20H30O4. The second-order valence-corrected chi connectivity index (χ2v) is 8.38. The third-order valence-electron chi connectivity index (χ3n) is 6.31. The Morgan fingerprint density at radius 2 is 1.96 bits per heavy atom. The van der Waals surface area contributed by atoms with Crippen molar-refractivity contribution in [3.05, 3.63) is 22.8 Å². The summed E-state index contributed by atoms with van der Waals surface area (Å²) in [7, 11) is 0. The SMILES string of the molecule is C/C(=C\C(=O)O)CCC1=C(CO)C(=O)C[C@@H]2C(C)(C)CCC[C@]12C. The Kier molecular flexibility index (Phi) is 5.38. The number of Topliss-reactive ketones (excluding diaryl/α,β-unsaturated/α-hetero) is 1. The lowest BCUT2D eigenvalue weighted by Crippen LogP contribution is -2.48. The van der Waals surface area contributed by atoms with E-state index in [1.807, 2.05) is 6.92 Å². The molecule has 0 aromatic heterocycles. The van der Waals surface area contributed by atoms with Gasteiger partial charge >= 0.3 is 5.97 Å². The van der Waals surface area contributed by atoms with Gasteiger partial charge in [0.1, 0.15) is 0 Å². The van der Waals surface area contributed by atoms with Crippen molar-refractivity contribution in [3.63, 3.8) is 0 Å². The maximum atomic E-state index is 12.6.